The normalized spacial score (nSPS) is 16.3. The first-order valence-electron chi connectivity index (χ1n) is 7.19. The van der Waals surface area contributed by atoms with E-state index in [0.717, 1.165) is 0 Å². The van der Waals surface area contributed by atoms with Crippen LogP contribution in [0.5, 0.6) is 0 Å². The van der Waals surface area contributed by atoms with Crippen molar-refractivity contribution < 1.29 is 24.2 Å². The molecule has 124 valence electrons. The number of carboxylic acids is 1. The van der Waals surface area contributed by atoms with Crippen LogP contribution in [-0.4, -0.2) is 42.8 Å². The van der Waals surface area contributed by atoms with Crippen LogP contribution in [0.4, 0.5) is 10.5 Å². The Kier molecular flexibility index (Phi) is 5.17. The van der Waals surface area contributed by atoms with E-state index in [2.05, 4.69) is 10.6 Å². The Hall–Kier alpha value is -2.61. The number of benzene rings is 1. The van der Waals surface area contributed by atoms with Crippen molar-refractivity contribution in [2.75, 3.05) is 25.1 Å². The molecule has 1 saturated heterocycles. The predicted octanol–water partition coefficient (Wildman–Crippen LogP) is 0.788. The zero-order valence-corrected chi connectivity index (χ0v) is 12.5. The van der Waals surface area contributed by atoms with E-state index < -0.39 is 17.4 Å². The molecule has 2 rings (SSSR count). The number of rotatable bonds is 5. The molecular weight excluding hydrogens is 302 g/mol. The Bertz CT molecular complexity index is 594. The van der Waals surface area contributed by atoms with Crippen molar-refractivity contribution in [3.63, 3.8) is 0 Å². The molecule has 0 unspecified atom stereocenters. The maximum Gasteiger partial charge on any atom is 0.316 e. The van der Waals surface area contributed by atoms with Crippen molar-refractivity contribution in [3.8, 4) is 0 Å². The summed E-state index contributed by atoms with van der Waals surface area (Å²) < 4.78 is 5.19. The minimum absolute atomic E-state index is 0.0474. The largest absolute Gasteiger partial charge is 0.481 e. The summed E-state index contributed by atoms with van der Waals surface area (Å²) in [5.74, 6) is -1.30. The van der Waals surface area contributed by atoms with E-state index in [0.29, 0.717) is 37.3 Å². The number of urea groups is 1. The van der Waals surface area contributed by atoms with E-state index >= 15 is 0 Å². The number of amides is 3. The van der Waals surface area contributed by atoms with E-state index in [1.54, 1.807) is 12.1 Å². The third kappa shape index (κ3) is 4.19. The van der Waals surface area contributed by atoms with Gasteiger partial charge in [0.2, 0.25) is 0 Å². The highest BCUT2D eigenvalue weighted by molar-refractivity contribution is 5.95. The number of hydrogen-bond donors (Lipinski definition) is 4. The van der Waals surface area contributed by atoms with E-state index in [4.69, 9.17) is 10.5 Å². The number of primary amides is 1. The van der Waals surface area contributed by atoms with Crippen LogP contribution < -0.4 is 16.4 Å². The predicted molar refractivity (Wildman–Crippen MR) is 82.1 cm³/mol. The molecule has 1 heterocycles. The number of aliphatic carboxylic acids is 1. The summed E-state index contributed by atoms with van der Waals surface area (Å²) in [5.41, 5.74) is 4.86. The molecule has 0 bridgehead atoms. The van der Waals surface area contributed by atoms with Gasteiger partial charge in [-0.2, -0.15) is 0 Å². The van der Waals surface area contributed by atoms with Gasteiger partial charge >= 0.3 is 12.0 Å². The molecule has 0 aromatic heterocycles. The molecule has 1 fully saturated rings. The zero-order chi connectivity index (χ0) is 16.9. The van der Waals surface area contributed by atoms with Crippen LogP contribution >= 0.6 is 0 Å². The Balaban J connectivity index is 1.98. The topological polar surface area (TPSA) is 131 Å². The summed E-state index contributed by atoms with van der Waals surface area (Å²) in [6, 6.07) is 5.45. The molecule has 1 aliphatic rings. The lowest BCUT2D eigenvalue weighted by Crippen LogP contribution is -2.46. The second kappa shape index (κ2) is 7.10. The summed E-state index contributed by atoms with van der Waals surface area (Å²) >= 11 is 0. The average Bonchev–Trinajstić information content (AvgIpc) is 2.53. The molecule has 0 aliphatic carbocycles. The van der Waals surface area contributed by atoms with Gasteiger partial charge < -0.3 is 26.2 Å². The first-order chi connectivity index (χ1) is 10.9. The number of nitrogens with two attached hydrogens (primary N) is 1. The van der Waals surface area contributed by atoms with E-state index in [1.807, 2.05) is 0 Å². The fourth-order valence-corrected chi connectivity index (χ4v) is 2.43. The van der Waals surface area contributed by atoms with Crippen LogP contribution in [0.1, 0.15) is 23.2 Å². The molecule has 1 aliphatic heterocycles. The molecule has 1 aromatic rings. The van der Waals surface area contributed by atoms with Gasteiger partial charge in [0.05, 0.1) is 5.41 Å². The van der Waals surface area contributed by atoms with Crippen molar-refractivity contribution >= 4 is 23.6 Å². The number of hydrogen-bond acceptors (Lipinski definition) is 4. The average molecular weight is 321 g/mol. The summed E-state index contributed by atoms with van der Waals surface area (Å²) in [5, 5.41) is 14.5. The lowest BCUT2D eigenvalue weighted by molar-refractivity contribution is -0.154. The van der Waals surface area contributed by atoms with Gasteiger partial charge in [-0.1, -0.05) is 0 Å². The molecule has 5 N–H and O–H groups in total. The molecule has 1 aromatic carbocycles. The molecule has 23 heavy (non-hydrogen) atoms. The first-order valence-corrected chi connectivity index (χ1v) is 7.19. The second-order valence-corrected chi connectivity index (χ2v) is 5.45. The number of carbonyl (C=O) groups excluding carboxylic acids is 2. The second-order valence-electron chi connectivity index (χ2n) is 5.45. The molecular formula is C15H19N3O5. The van der Waals surface area contributed by atoms with Crippen LogP contribution in [0.2, 0.25) is 0 Å². The Labute approximate surface area is 133 Å². The summed E-state index contributed by atoms with van der Waals surface area (Å²) in [6.45, 7) is 0.789. The lowest BCUT2D eigenvalue weighted by atomic mass is 9.80. The third-order valence-electron chi connectivity index (χ3n) is 3.91. The highest BCUT2D eigenvalue weighted by Crippen LogP contribution is 2.30. The van der Waals surface area contributed by atoms with Gasteiger partial charge in [0.15, 0.2) is 0 Å². The molecule has 0 spiro atoms. The van der Waals surface area contributed by atoms with Gasteiger partial charge in [-0.25, -0.2) is 4.79 Å². The quantitative estimate of drug-likeness (QED) is 0.637. The van der Waals surface area contributed by atoms with Crippen molar-refractivity contribution in [3.05, 3.63) is 29.8 Å². The van der Waals surface area contributed by atoms with Gasteiger partial charge in [0, 0.05) is 31.0 Å². The Morgan fingerprint density at radius 2 is 1.78 bits per heavy atom. The maximum absolute atomic E-state index is 12.1. The summed E-state index contributed by atoms with van der Waals surface area (Å²) in [6.07, 6.45) is 0.730. The van der Waals surface area contributed by atoms with Crippen LogP contribution in [-0.2, 0) is 9.53 Å². The number of carbonyl (C=O) groups is 3. The van der Waals surface area contributed by atoms with E-state index in [9.17, 15) is 19.5 Å². The van der Waals surface area contributed by atoms with Gasteiger partial charge in [-0.15, -0.1) is 0 Å². The lowest BCUT2D eigenvalue weighted by Gasteiger charge is -2.33. The first kappa shape index (κ1) is 16.8. The van der Waals surface area contributed by atoms with Crippen LogP contribution in [0.15, 0.2) is 24.3 Å². The van der Waals surface area contributed by atoms with Crippen molar-refractivity contribution in [1.29, 1.82) is 0 Å². The van der Waals surface area contributed by atoms with Crippen molar-refractivity contribution in [2.24, 2.45) is 11.1 Å². The minimum Gasteiger partial charge on any atom is -0.481 e. The zero-order valence-electron chi connectivity index (χ0n) is 12.5. The van der Waals surface area contributed by atoms with Crippen molar-refractivity contribution in [2.45, 2.75) is 12.8 Å². The SMILES string of the molecule is NC(=O)Nc1ccc(C(=O)NCC2(C(=O)O)CCOCC2)cc1. The highest BCUT2D eigenvalue weighted by Gasteiger charge is 2.40. The van der Waals surface area contributed by atoms with Crippen LogP contribution in [0.25, 0.3) is 0 Å². The molecule has 3 amide bonds. The van der Waals surface area contributed by atoms with Gasteiger partial charge in [0.25, 0.3) is 5.91 Å². The third-order valence-corrected chi connectivity index (χ3v) is 3.91. The minimum atomic E-state index is -0.985. The maximum atomic E-state index is 12.1. The van der Waals surface area contributed by atoms with Crippen LogP contribution in [0, 0.1) is 5.41 Å². The van der Waals surface area contributed by atoms with Crippen molar-refractivity contribution in [1.82, 2.24) is 5.32 Å². The monoisotopic (exact) mass is 321 g/mol. The number of nitrogens with one attached hydrogen (secondary N) is 2. The number of anilines is 1. The fourth-order valence-electron chi connectivity index (χ4n) is 2.43. The number of carboxylic acid groups (broad SMARTS) is 1. The summed E-state index contributed by atoms with van der Waals surface area (Å²) in [7, 11) is 0. The molecule has 0 radical (unpaired) electrons. The molecule has 8 heteroatoms. The fraction of sp³-hybridized carbons (Fsp3) is 0.400. The van der Waals surface area contributed by atoms with Gasteiger partial charge in [-0.3, -0.25) is 9.59 Å². The van der Waals surface area contributed by atoms with E-state index in [1.165, 1.54) is 12.1 Å². The number of ether oxygens (including phenoxy) is 1. The standard InChI is InChI=1S/C15H19N3O5/c16-14(22)18-11-3-1-10(2-4-11)12(19)17-9-15(13(20)21)5-7-23-8-6-15/h1-4H,5-9H2,(H,17,19)(H,20,21)(H3,16,18,22). The van der Waals surface area contributed by atoms with E-state index in [-0.39, 0.29) is 12.5 Å². The smallest absolute Gasteiger partial charge is 0.316 e. The summed E-state index contributed by atoms with van der Waals surface area (Å²) in [4.78, 5) is 34.4. The molecule has 8 nitrogen and oxygen atoms in total. The Morgan fingerprint density at radius 1 is 1.17 bits per heavy atom. The van der Waals surface area contributed by atoms with Gasteiger partial charge in [-0.05, 0) is 37.1 Å². The van der Waals surface area contributed by atoms with Crippen LogP contribution in [0.3, 0.4) is 0 Å². The Morgan fingerprint density at radius 3 is 2.30 bits per heavy atom. The molecule has 0 saturated carbocycles. The van der Waals surface area contributed by atoms with Gasteiger partial charge in [0.1, 0.15) is 0 Å². The molecule has 0 atom stereocenters. The highest BCUT2D eigenvalue weighted by atomic mass is 16.5.